The predicted octanol–water partition coefficient (Wildman–Crippen LogP) is 2.28. The number of hydrogen-bond acceptors (Lipinski definition) is 2. The van der Waals surface area contributed by atoms with Crippen LogP contribution >= 0.6 is 0 Å². The molecule has 21 heavy (non-hydrogen) atoms. The van der Waals surface area contributed by atoms with Gasteiger partial charge in [0.2, 0.25) is 0 Å². The van der Waals surface area contributed by atoms with E-state index in [1.807, 2.05) is 26.1 Å². The topological polar surface area (TPSA) is 54.9 Å². The SMILES string of the molecule is CCC(C)(C)[NH2+]CC(=O)Nc1ccc(OC(F)(F)F)cc1. The molecule has 1 rings (SSSR count). The van der Waals surface area contributed by atoms with Gasteiger partial charge in [-0.15, -0.1) is 13.2 Å². The van der Waals surface area contributed by atoms with Crippen molar-refractivity contribution in [3.05, 3.63) is 24.3 Å². The lowest BCUT2D eigenvalue weighted by molar-refractivity contribution is -0.711. The Morgan fingerprint density at radius 1 is 1.24 bits per heavy atom. The van der Waals surface area contributed by atoms with E-state index in [1.165, 1.54) is 12.1 Å². The maximum atomic E-state index is 12.0. The molecule has 7 heteroatoms. The molecule has 0 aliphatic rings. The molecule has 118 valence electrons. The molecule has 1 amide bonds. The Labute approximate surface area is 121 Å². The van der Waals surface area contributed by atoms with E-state index in [9.17, 15) is 18.0 Å². The number of hydrogen-bond donors (Lipinski definition) is 2. The van der Waals surface area contributed by atoms with Crippen LogP contribution in [0.5, 0.6) is 5.75 Å². The van der Waals surface area contributed by atoms with Crippen LogP contribution in [0.4, 0.5) is 18.9 Å². The van der Waals surface area contributed by atoms with Crippen LogP contribution in [-0.4, -0.2) is 24.4 Å². The van der Waals surface area contributed by atoms with E-state index in [2.05, 4.69) is 10.1 Å². The smallest absolute Gasteiger partial charge is 0.406 e. The summed E-state index contributed by atoms with van der Waals surface area (Å²) in [5, 5.41) is 4.54. The molecule has 1 aromatic rings. The molecule has 0 aromatic heterocycles. The van der Waals surface area contributed by atoms with Gasteiger partial charge in [0.25, 0.3) is 5.91 Å². The lowest BCUT2D eigenvalue weighted by atomic mass is 10.0. The highest BCUT2D eigenvalue weighted by Crippen LogP contribution is 2.23. The minimum absolute atomic E-state index is 0.0260. The molecule has 0 fully saturated rings. The number of rotatable bonds is 6. The summed E-state index contributed by atoms with van der Waals surface area (Å²) in [4.78, 5) is 11.7. The number of halogens is 3. The number of ether oxygens (including phenoxy) is 1. The number of amides is 1. The Morgan fingerprint density at radius 3 is 2.29 bits per heavy atom. The van der Waals surface area contributed by atoms with E-state index in [0.29, 0.717) is 5.69 Å². The lowest BCUT2D eigenvalue weighted by Crippen LogP contribution is -2.96. The Balaban J connectivity index is 2.50. The molecule has 0 heterocycles. The van der Waals surface area contributed by atoms with E-state index in [0.717, 1.165) is 18.6 Å². The largest absolute Gasteiger partial charge is 0.573 e. The first-order valence-corrected chi connectivity index (χ1v) is 6.61. The van der Waals surface area contributed by atoms with Crippen molar-refractivity contribution in [2.24, 2.45) is 0 Å². The van der Waals surface area contributed by atoms with Crippen molar-refractivity contribution in [3.8, 4) is 5.75 Å². The first-order valence-electron chi connectivity index (χ1n) is 6.61. The monoisotopic (exact) mass is 305 g/mol. The molecule has 4 nitrogen and oxygen atoms in total. The molecule has 0 bridgehead atoms. The van der Waals surface area contributed by atoms with Crippen LogP contribution in [0.15, 0.2) is 24.3 Å². The summed E-state index contributed by atoms with van der Waals surface area (Å²) in [5.74, 6) is -0.528. The first-order chi connectivity index (χ1) is 9.61. The number of anilines is 1. The molecule has 0 saturated heterocycles. The van der Waals surface area contributed by atoms with Gasteiger partial charge in [-0.3, -0.25) is 4.79 Å². The third-order valence-corrected chi connectivity index (χ3v) is 3.12. The van der Waals surface area contributed by atoms with Crippen molar-refractivity contribution in [1.82, 2.24) is 0 Å². The summed E-state index contributed by atoms with van der Waals surface area (Å²) in [7, 11) is 0. The zero-order chi connectivity index (χ0) is 16.1. The Hall–Kier alpha value is -1.76. The minimum Gasteiger partial charge on any atom is -0.406 e. The lowest BCUT2D eigenvalue weighted by Gasteiger charge is -2.20. The van der Waals surface area contributed by atoms with Gasteiger partial charge in [-0.2, -0.15) is 0 Å². The Kier molecular flexibility index (Phi) is 5.60. The molecule has 3 N–H and O–H groups in total. The normalized spacial score (nSPS) is 12.1. The molecule has 0 unspecified atom stereocenters. The van der Waals surface area contributed by atoms with Crippen LogP contribution in [0, 0.1) is 0 Å². The fraction of sp³-hybridized carbons (Fsp3) is 0.500. The second-order valence-electron chi connectivity index (χ2n) is 5.37. The molecule has 1 aromatic carbocycles. The van der Waals surface area contributed by atoms with E-state index < -0.39 is 6.36 Å². The van der Waals surface area contributed by atoms with Gasteiger partial charge in [0.15, 0.2) is 6.54 Å². The van der Waals surface area contributed by atoms with Crippen molar-refractivity contribution >= 4 is 11.6 Å². The number of carbonyl (C=O) groups is 1. The Bertz CT molecular complexity index is 470. The van der Waals surface area contributed by atoms with Crippen molar-refractivity contribution in [2.45, 2.75) is 39.1 Å². The van der Waals surface area contributed by atoms with Gasteiger partial charge in [0.1, 0.15) is 5.75 Å². The van der Waals surface area contributed by atoms with Gasteiger partial charge in [-0.25, -0.2) is 0 Å². The third kappa shape index (κ3) is 6.99. The van der Waals surface area contributed by atoms with Gasteiger partial charge < -0.3 is 15.4 Å². The second-order valence-corrected chi connectivity index (χ2v) is 5.37. The van der Waals surface area contributed by atoms with Crippen LogP contribution in [0.2, 0.25) is 0 Å². The zero-order valence-electron chi connectivity index (χ0n) is 12.3. The van der Waals surface area contributed by atoms with Crippen molar-refractivity contribution in [1.29, 1.82) is 0 Å². The number of alkyl halides is 3. The summed E-state index contributed by atoms with van der Waals surface area (Å²) in [6, 6.07) is 5.04. The van der Waals surface area contributed by atoms with Gasteiger partial charge in [-0.1, -0.05) is 6.92 Å². The molecule has 0 saturated carbocycles. The van der Waals surface area contributed by atoms with Crippen LogP contribution in [-0.2, 0) is 4.79 Å². The molecular formula is C14H20F3N2O2+. The summed E-state index contributed by atoms with van der Waals surface area (Å²) in [6.45, 7) is 6.35. The number of nitrogens with one attached hydrogen (secondary N) is 1. The van der Waals surface area contributed by atoms with Crippen molar-refractivity contribution in [3.63, 3.8) is 0 Å². The van der Waals surface area contributed by atoms with Gasteiger partial charge in [-0.05, 0) is 44.5 Å². The fourth-order valence-electron chi connectivity index (χ4n) is 1.47. The van der Waals surface area contributed by atoms with Gasteiger partial charge in [0, 0.05) is 5.69 Å². The van der Waals surface area contributed by atoms with E-state index >= 15 is 0 Å². The molecule has 0 aliphatic carbocycles. The van der Waals surface area contributed by atoms with Crippen molar-refractivity contribution < 1.29 is 28.0 Å². The first kappa shape index (κ1) is 17.3. The number of benzene rings is 1. The molecule has 0 aliphatic heterocycles. The van der Waals surface area contributed by atoms with Crippen LogP contribution in [0.1, 0.15) is 27.2 Å². The molecule has 0 spiro atoms. The average molecular weight is 305 g/mol. The summed E-state index contributed by atoms with van der Waals surface area (Å²) in [6.07, 6.45) is -3.80. The maximum absolute atomic E-state index is 12.0. The zero-order valence-corrected chi connectivity index (χ0v) is 12.3. The van der Waals surface area contributed by atoms with Crippen LogP contribution < -0.4 is 15.4 Å². The highest BCUT2D eigenvalue weighted by molar-refractivity contribution is 5.91. The van der Waals surface area contributed by atoms with E-state index in [4.69, 9.17) is 0 Å². The highest BCUT2D eigenvalue weighted by Gasteiger charge is 2.31. The quantitative estimate of drug-likeness (QED) is 0.847. The minimum atomic E-state index is -4.72. The highest BCUT2D eigenvalue weighted by atomic mass is 19.4. The summed E-state index contributed by atoms with van der Waals surface area (Å²) in [5.41, 5.74) is 0.402. The van der Waals surface area contributed by atoms with E-state index in [-0.39, 0.29) is 23.7 Å². The van der Waals surface area contributed by atoms with Crippen LogP contribution in [0.25, 0.3) is 0 Å². The van der Waals surface area contributed by atoms with E-state index in [1.54, 1.807) is 0 Å². The van der Waals surface area contributed by atoms with Gasteiger partial charge in [0.05, 0.1) is 5.54 Å². The molecule has 0 atom stereocenters. The summed E-state index contributed by atoms with van der Waals surface area (Å²) < 4.78 is 39.8. The maximum Gasteiger partial charge on any atom is 0.573 e. The van der Waals surface area contributed by atoms with Crippen LogP contribution in [0.3, 0.4) is 0 Å². The number of nitrogens with two attached hydrogens (primary N) is 1. The predicted molar refractivity (Wildman–Crippen MR) is 72.9 cm³/mol. The average Bonchev–Trinajstić information content (AvgIpc) is 2.37. The number of quaternary nitrogens is 1. The summed E-state index contributed by atoms with van der Waals surface area (Å²) >= 11 is 0. The Morgan fingerprint density at radius 2 is 1.81 bits per heavy atom. The number of carbonyl (C=O) groups excluding carboxylic acids is 1. The molecular weight excluding hydrogens is 285 g/mol. The molecule has 0 radical (unpaired) electrons. The van der Waals surface area contributed by atoms with Crippen molar-refractivity contribution in [2.75, 3.05) is 11.9 Å². The standard InChI is InChI=1S/C14H19F3N2O2/c1-4-13(2,3)18-9-12(20)19-10-5-7-11(8-6-10)21-14(15,16)17/h5-8,18H,4,9H2,1-3H3,(H,19,20)/p+1. The fourth-order valence-corrected chi connectivity index (χ4v) is 1.47. The van der Waals surface area contributed by atoms with Gasteiger partial charge >= 0.3 is 6.36 Å². The third-order valence-electron chi connectivity index (χ3n) is 3.12. The second kappa shape index (κ2) is 6.80.